The van der Waals surface area contributed by atoms with Crippen molar-refractivity contribution in [3.63, 3.8) is 0 Å². The molecule has 1 aromatic rings. The van der Waals surface area contributed by atoms with Crippen molar-refractivity contribution in [1.29, 1.82) is 0 Å². The third kappa shape index (κ3) is 9.20. The van der Waals surface area contributed by atoms with Crippen molar-refractivity contribution in [2.24, 2.45) is 5.92 Å². The first kappa shape index (κ1) is 28.1. The van der Waals surface area contributed by atoms with Gasteiger partial charge in [0.2, 0.25) is 17.7 Å². The molecule has 0 aliphatic carbocycles. The summed E-state index contributed by atoms with van der Waals surface area (Å²) in [5.74, 6) is -1.30. The standard InChI is InChI=1S/C25H39N5O5/c1-16(2)22-25(34)27-17(3)15-35-20-10-7-6-9-18(20)23(32)28-19(11-12-21(31)29-22)24(33)26-13-8-14-30(4)5/h6-7,9-10,16-17,19,22H,8,11-15H2,1-5H3,(H,26,33)(H,27,34)(H,28,32)(H,29,31)/t17-,19-,22+/m0/s1. The van der Waals surface area contributed by atoms with Gasteiger partial charge in [0.05, 0.1) is 11.6 Å². The molecule has 194 valence electrons. The number of carbonyl (C=O) groups is 4. The molecule has 1 aromatic carbocycles. The molecule has 10 nitrogen and oxygen atoms in total. The van der Waals surface area contributed by atoms with Crippen molar-refractivity contribution in [2.75, 3.05) is 33.8 Å². The molecule has 0 aromatic heterocycles. The maximum Gasteiger partial charge on any atom is 0.255 e. The van der Waals surface area contributed by atoms with Gasteiger partial charge < -0.3 is 30.9 Å². The van der Waals surface area contributed by atoms with E-state index >= 15 is 0 Å². The van der Waals surface area contributed by atoms with E-state index < -0.39 is 18.0 Å². The van der Waals surface area contributed by atoms with Gasteiger partial charge in [-0.2, -0.15) is 0 Å². The highest BCUT2D eigenvalue weighted by Crippen LogP contribution is 2.19. The van der Waals surface area contributed by atoms with Crippen LogP contribution in [0.5, 0.6) is 5.75 Å². The van der Waals surface area contributed by atoms with Crippen LogP contribution in [0.3, 0.4) is 0 Å². The predicted octanol–water partition coefficient (Wildman–Crippen LogP) is 0.671. The van der Waals surface area contributed by atoms with Gasteiger partial charge in [0, 0.05) is 13.0 Å². The van der Waals surface area contributed by atoms with Crippen molar-refractivity contribution in [2.45, 2.75) is 58.2 Å². The number of para-hydroxylation sites is 1. The second-order valence-electron chi connectivity index (χ2n) is 9.52. The first-order chi connectivity index (χ1) is 16.6. The molecule has 2 rings (SSSR count). The average molecular weight is 490 g/mol. The average Bonchev–Trinajstić information content (AvgIpc) is 2.80. The Labute approximate surface area is 207 Å². The quantitative estimate of drug-likeness (QED) is 0.435. The zero-order valence-electron chi connectivity index (χ0n) is 21.3. The molecule has 4 N–H and O–H groups in total. The summed E-state index contributed by atoms with van der Waals surface area (Å²) in [4.78, 5) is 53.5. The minimum Gasteiger partial charge on any atom is -0.491 e. The fourth-order valence-corrected chi connectivity index (χ4v) is 3.66. The number of fused-ring (bicyclic) bond motifs is 1. The number of hydrogen-bond donors (Lipinski definition) is 4. The van der Waals surface area contributed by atoms with E-state index in [4.69, 9.17) is 4.74 Å². The van der Waals surface area contributed by atoms with Gasteiger partial charge in [0.1, 0.15) is 24.4 Å². The Bertz CT molecular complexity index is 889. The van der Waals surface area contributed by atoms with E-state index in [1.807, 2.05) is 32.8 Å². The lowest BCUT2D eigenvalue weighted by Gasteiger charge is -2.24. The summed E-state index contributed by atoms with van der Waals surface area (Å²) in [6, 6.07) is 4.72. The van der Waals surface area contributed by atoms with Crippen molar-refractivity contribution in [1.82, 2.24) is 26.2 Å². The normalized spacial score (nSPS) is 22.1. The van der Waals surface area contributed by atoms with E-state index in [1.165, 1.54) is 0 Å². The maximum atomic E-state index is 13.1. The highest BCUT2D eigenvalue weighted by molar-refractivity contribution is 5.99. The number of hydrogen-bond acceptors (Lipinski definition) is 6. The fourth-order valence-electron chi connectivity index (χ4n) is 3.66. The van der Waals surface area contributed by atoms with E-state index in [2.05, 4.69) is 21.3 Å². The maximum absolute atomic E-state index is 13.1. The number of benzene rings is 1. The Hall–Kier alpha value is -3.14. The molecule has 0 saturated carbocycles. The molecule has 10 heteroatoms. The van der Waals surface area contributed by atoms with Crippen LogP contribution in [0.4, 0.5) is 0 Å². The van der Waals surface area contributed by atoms with Crippen LogP contribution in [0, 0.1) is 5.92 Å². The third-order valence-electron chi connectivity index (χ3n) is 5.64. The van der Waals surface area contributed by atoms with E-state index in [0.717, 1.165) is 13.0 Å². The minimum absolute atomic E-state index is 0.0275. The van der Waals surface area contributed by atoms with Crippen LogP contribution >= 0.6 is 0 Å². The third-order valence-corrected chi connectivity index (χ3v) is 5.64. The molecule has 0 saturated heterocycles. The topological polar surface area (TPSA) is 129 Å². The van der Waals surface area contributed by atoms with E-state index in [1.54, 1.807) is 31.2 Å². The monoisotopic (exact) mass is 489 g/mol. The van der Waals surface area contributed by atoms with E-state index in [9.17, 15) is 19.2 Å². The van der Waals surface area contributed by atoms with Gasteiger partial charge in [-0.1, -0.05) is 26.0 Å². The molecule has 1 heterocycles. The van der Waals surface area contributed by atoms with Crippen LogP contribution in [0.15, 0.2) is 24.3 Å². The minimum atomic E-state index is -0.920. The Morgan fingerprint density at radius 1 is 1.14 bits per heavy atom. The smallest absolute Gasteiger partial charge is 0.255 e. The summed E-state index contributed by atoms with van der Waals surface area (Å²) in [6.45, 7) is 6.87. The van der Waals surface area contributed by atoms with Crippen LogP contribution in [0.25, 0.3) is 0 Å². The number of carbonyl (C=O) groups excluding carboxylic acids is 4. The molecule has 1 aliphatic heterocycles. The van der Waals surface area contributed by atoms with Crippen LogP contribution in [0.1, 0.15) is 50.4 Å². The van der Waals surface area contributed by atoms with Crippen LogP contribution in [0.2, 0.25) is 0 Å². The number of nitrogens with one attached hydrogen (secondary N) is 4. The van der Waals surface area contributed by atoms with Gasteiger partial charge in [0.25, 0.3) is 5.91 Å². The molecule has 3 atom stereocenters. The first-order valence-electron chi connectivity index (χ1n) is 12.1. The molecule has 0 unspecified atom stereocenters. The van der Waals surface area contributed by atoms with Crippen LogP contribution in [-0.4, -0.2) is 80.4 Å². The molecule has 0 spiro atoms. The van der Waals surface area contributed by atoms with Crippen LogP contribution in [-0.2, 0) is 14.4 Å². The number of amides is 4. The summed E-state index contributed by atoms with van der Waals surface area (Å²) in [7, 11) is 3.90. The summed E-state index contributed by atoms with van der Waals surface area (Å²) in [5.41, 5.74) is 0.274. The molecular weight excluding hydrogens is 450 g/mol. The van der Waals surface area contributed by atoms with Crippen molar-refractivity contribution < 1.29 is 23.9 Å². The van der Waals surface area contributed by atoms with E-state index in [-0.39, 0.29) is 54.7 Å². The first-order valence-corrected chi connectivity index (χ1v) is 12.1. The van der Waals surface area contributed by atoms with Crippen molar-refractivity contribution in [3.8, 4) is 5.75 Å². The summed E-state index contributed by atoms with van der Waals surface area (Å²) < 4.78 is 5.84. The lowest BCUT2D eigenvalue weighted by Crippen LogP contribution is -2.52. The lowest BCUT2D eigenvalue weighted by atomic mass is 10.0. The van der Waals surface area contributed by atoms with Gasteiger partial charge in [-0.05, 0) is 58.5 Å². The molecule has 0 radical (unpaired) electrons. The summed E-state index contributed by atoms with van der Waals surface area (Å²) >= 11 is 0. The number of nitrogens with zero attached hydrogens (tertiary/aromatic N) is 1. The Kier molecular flexibility index (Phi) is 11.0. The molecule has 1 aliphatic rings. The molecule has 4 amide bonds. The highest BCUT2D eigenvalue weighted by Gasteiger charge is 2.28. The summed E-state index contributed by atoms with van der Waals surface area (Å²) in [5, 5.41) is 11.2. The van der Waals surface area contributed by atoms with Gasteiger partial charge >= 0.3 is 0 Å². The van der Waals surface area contributed by atoms with Crippen molar-refractivity contribution in [3.05, 3.63) is 29.8 Å². The van der Waals surface area contributed by atoms with Crippen molar-refractivity contribution >= 4 is 23.6 Å². The van der Waals surface area contributed by atoms with Gasteiger partial charge in [0.15, 0.2) is 0 Å². The number of rotatable bonds is 6. The Morgan fingerprint density at radius 3 is 2.54 bits per heavy atom. The second kappa shape index (κ2) is 13.7. The Balaban J connectivity index is 2.26. The zero-order valence-corrected chi connectivity index (χ0v) is 21.3. The highest BCUT2D eigenvalue weighted by atomic mass is 16.5. The SMILES string of the molecule is CC(C)[C@H]1NC(=O)CC[C@@H](C(=O)NCCCN(C)C)NC(=O)c2ccccc2OC[C@H](C)NC1=O. The molecule has 35 heavy (non-hydrogen) atoms. The number of ether oxygens (including phenoxy) is 1. The summed E-state index contributed by atoms with van der Waals surface area (Å²) in [6.07, 6.45) is 0.809. The Morgan fingerprint density at radius 2 is 1.86 bits per heavy atom. The fraction of sp³-hybridized carbons (Fsp3) is 0.600. The largest absolute Gasteiger partial charge is 0.491 e. The van der Waals surface area contributed by atoms with Gasteiger partial charge in [-0.25, -0.2) is 0 Å². The van der Waals surface area contributed by atoms with Crippen LogP contribution < -0.4 is 26.0 Å². The van der Waals surface area contributed by atoms with Gasteiger partial charge in [-0.15, -0.1) is 0 Å². The second-order valence-corrected chi connectivity index (χ2v) is 9.52. The van der Waals surface area contributed by atoms with E-state index in [0.29, 0.717) is 12.3 Å². The zero-order chi connectivity index (χ0) is 26.0. The van der Waals surface area contributed by atoms with Gasteiger partial charge in [-0.3, -0.25) is 19.2 Å². The molecule has 0 fully saturated rings. The predicted molar refractivity (Wildman–Crippen MR) is 133 cm³/mol. The molecule has 0 bridgehead atoms. The lowest BCUT2D eigenvalue weighted by molar-refractivity contribution is -0.131. The molecular formula is C25H39N5O5.